The molecule has 0 aromatic rings. The largest absolute Gasteiger partial charge is 0.374 e. The van der Waals surface area contributed by atoms with Gasteiger partial charge in [-0.2, -0.15) is 0 Å². The topological polar surface area (TPSA) is 53.9 Å². The first kappa shape index (κ1) is 11.4. The number of nitrogens with zero attached hydrogens (tertiary/aromatic N) is 2. The molecule has 5 nitrogen and oxygen atoms in total. The van der Waals surface area contributed by atoms with Gasteiger partial charge in [-0.3, -0.25) is 9.79 Å². The Morgan fingerprint density at radius 1 is 1.62 bits per heavy atom. The van der Waals surface area contributed by atoms with Crippen molar-refractivity contribution in [3.8, 4) is 0 Å². The van der Waals surface area contributed by atoms with Crippen LogP contribution in [0.1, 0.15) is 13.8 Å². The lowest BCUT2D eigenvalue weighted by atomic mass is 10.1. The molecule has 2 aliphatic rings. The summed E-state index contributed by atoms with van der Waals surface area (Å²) < 4.78 is 5.63. The Bertz CT molecular complexity index is 302. The van der Waals surface area contributed by atoms with Gasteiger partial charge >= 0.3 is 0 Å². The summed E-state index contributed by atoms with van der Waals surface area (Å²) in [5.74, 6) is 0.977. The lowest BCUT2D eigenvalue weighted by Crippen LogP contribution is -2.51. The molecule has 0 aromatic heterocycles. The van der Waals surface area contributed by atoms with E-state index >= 15 is 0 Å². The minimum absolute atomic E-state index is 0.0199. The van der Waals surface area contributed by atoms with Gasteiger partial charge in [0.25, 0.3) is 5.91 Å². The Hall–Kier alpha value is -1.10. The van der Waals surface area contributed by atoms with Crippen molar-refractivity contribution in [1.82, 2.24) is 10.2 Å². The van der Waals surface area contributed by atoms with E-state index in [2.05, 4.69) is 24.2 Å². The molecule has 0 saturated carbocycles. The smallest absolute Gasteiger partial charge is 0.289 e. The zero-order valence-electron chi connectivity index (χ0n) is 9.90. The van der Waals surface area contributed by atoms with Gasteiger partial charge in [0.05, 0.1) is 19.3 Å². The van der Waals surface area contributed by atoms with Crippen molar-refractivity contribution in [1.29, 1.82) is 0 Å². The Morgan fingerprint density at radius 3 is 3.06 bits per heavy atom. The molecule has 1 amide bonds. The van der Waals surface area contributed by atoms with E-state index in [4.69, 9.17) is 4.74 Å². The SMILES string of the molecule is CC(C)C1CN(C(=O)C2=NCCN2)CCO1. The molecule has 0 aromatic carbocycles. The monoisotopic (exact) mass is 225 g/mol. The van der Waals surface area contributed by atoms with E-state index in [1.54, 1.807) is 0 Å². The number of ether oxygens (including phenoxy) is 1. The van der Waals surface area contributed by atoms with Crippen LogP contribution in [0.4, 0.5) is 0 Å². The Morgan fingerprint density at radius 2 is 2.44 bits per heavy atom. The summed E-state index contributed by atoms with van der Waals surface area (Å²) in [6.45, 7) is 7.69. The van der Waals surface area contributed by atoms with Crippen LogP contribution in [0.3, 0.4) is 0 Å². The van der Waals surface area contributed by atoms with Gasteiger partial charge in [0.1, 0.15) is 0 Å². The van der Waals surface area contributed by atoms with Crippen molar-refractivity contribution in [2.75, 3.05) is 32.8 Å². The minimum atomic E-state index is 0.0199. The van der Waals surface area contributed by atoms with Gasteiger partial charge < -0.3 is 15.0 Å². The molecular formula is C11H19N3O2. The van der Waals surface area contributed by atoms with E-state index < -0.39 is 0 Å². The third-order valence-electron chi connectivity index (χ3n) is 3.00. The van der Waals surface area contributed by atoms with E-state index in [0.29, 0.717) is 38.0 Å². The van der Waals surface area contributed by atoms with Crippen LogP contribution in [0.2, 0.25) is 0 Å². The van der Waals surface area contributed by atoms with Gasteiger partial charge in [-0.05, 0) is 5.92 Å². The van der Waals surface area contributed by atoms with Crippen LogP contribution in [0.15, 0.2) is 4.99 Å². The van der Waals surface area contributed by atoms with Crippen molar-refractivity contribution in [3.63, 3.8) is 0 Å². The second kappa shape index (κ2) is 4.82. The first-order valence-corrected chi connectivity index (χ1v) is 5.87. The van der Waals surface area contributed by atoms with Crippen molar-refractivity contribution in [2.45, 2.75) is 20.0 Å². The van der Waals surface area contributed by atoms with Crippen LogP contribution in [0.5, 0.6) is 0 Å². The van der Waals surface area contributed by atoms with E-state index in [1.165, 1.54) is 0 Å². The van der Waals surface area contributed by atoms with Gasteiger partial charge in [-0.25, -0.2) is 0 Å². The fraction of sp³-hybridized carbons (Fsp3) is 0.818. The molecule has 0 aliphatic carbocycles. The maximum Gasteiger partial charge on any atom is 0.289 e. The predicted molar refractivity (Wildman–Crippen MR) is 61.5 cm³/mol. The highest BCUT2D eigenvalue weighted by molar-refractivity contribution is 6.38. The molecule has 90 valence electrons. The summed E-state index contributed by atoms with van der Waals surface area (Å²) in [6.07, 6.45) is 0.153. The van der Waals surface area contributed by atoms with Crippen LogP contribution in [-0.2, 0) is 9.53 Å². The number of amides is 1. The first-order chi connectivity index (χ1) is 7.68. The number of carbonyl (C=O) groups is 1. The quantitative estimate of drug-likeness (QED) is 0.712. The highest BCUT2D eigenvalue weighted by atomic mass is 16.5. The number of morpholine rings is 1. The second-order valence-electron chi connectivity index (χ2n) is 4.56. The number of rotatable bonds is 2. The van der Waals surface area contributed by atoms with Crippen molar-refractivity contribution < 1.29 is 9.53 Å². The molecule has 1 atom stereocenters. The average Bonchev–Trinajstić information content (AvgIpc) is 2.81. The molecule has 0 radical (unpaired) electrons. The summed E-state index contributed by atoms with van der Waals surface area (Å²) in [5.41, 5.74) is 0. The molecule has 2 heterocycles. The van der Waals surface area contributed by atoms with Gasteiger partial charge in [-0.15, -0.1) is 0 Å². The number of carbonyl (C=O) groups excluding carboxylic acids is 1. The summed E-state index contributed by atoms with van der Waals surface area (Å²) in [7, 11) is 0. The molecule has 0 spiro atoms. The Balaban J connectivity index is 1.96. The van der Waals surface area contributed by atoms with E-state index in [0.717, 1.165) is 6.54 Å². The van der Waals surface area contributed by atoms with E-state index in [-0.39, 0.29) is 12.0 Å². The highest BCUT2D eigenvalue weighted by Crippen LogP contribution is 2.13. The van der Waals surface area contributed by atoms with Crippen LogP contribution < -0.4 is 5.32 Å². The van der Waals surface area contributed by atoms with Gasteiger partial charge in [0.15, 0.2) is 5.84 Å². The van der Waals surface area contributed by atoms with E-state index in [1.807, 2.05) is 4.90 Å². The standard InChI is InChI=1S/C11H19N3O2/c1-8(2)9-7-14(5-6-16-9)11(15)10-12-3-4-13-10/h8-9H,3-7H2,1-2H3,(H,12,13). The normalized spacial score (nSPS) is 25.6. The molecule has 1 fully saturated rings. The summed E-state index contributed by atoms with van der Waals surface area (Å²) >= 11 is 0. The van der Waals surface area contributed by atoms with Gasteiger partial charge in [0, 0.05) is 19.6 Å². The van der Waals surface area contributed by atoms with Crippen molar-refractivity contribution in [3.05, 3.63) is 0 Å². The fourth-order valence-corrected chi connectivity index (χ4v) is 1.95. The zero-order valence-corrected chi connectivity index (χ0v) is 9.90. The maximum atomic E-state index is 12.0. The number of hydrogen-bond donors (Lipinski definition) is 1. The molecule has 1 saturated heterocycles. The van der Waals surface area contributed by atoms with Crippen LogP contribution in [0.25, 0.3) is 0 Å². The number of hydrogen-bond acceptors (Lipinski definition) is 4. The van der Waals surface area contributed by atoms with E-state index in [9.17, 15) is 4.79 Å². The molecular weight excluding hydrogens is 206 g/mol. The molecule has 2 aliphatic heterocycles. The summed E-state index contributed by atoms with van der Waals surface area (Å²) in [4.78, 5) is 18.0. The second-order valence-corrected chi connectivity index (χ2v) is 4.56. The fourth-order valence-electron chi connectivity index (χ4n) is 1.95. The zero-order chi connectivity index (χ0) is 11.5. The third kappa shape index (κ3) is 2.35. The summed E-state index contributed by atoms with van der Waals surface area (Å²) in [5, 5.41) is 3.02. The number of amidine groups is 1. The molecule has 5 heteroatoms. The van der Waals surface area contributed by atoms with Crippen molar-refractivity contribution >= 4 is 11.7 Å². The molecule has 1 unspecified atom stereocenters. The Labute approximate surface area is 95.9 Å². The van der Waals surface area contributed by atoms with Gasteiger partial charge in [-0.1, -0.05) is 13.8 Å². The number of aliphatic imine (C=N–C) groups is 1. The average molecular weight is 225 g/mol. The lowest BCUT2D eigenvalue weighted by molar-refractivity contribution is -0.133. The molecule has 2 rings (SSSR count). The van der Waals surface area contributed by atoms with Crippen LogP contribution >= 0.6 is 0 Å². The molecule has 0 bridgehead atoms. The first-order valence-electron chi connectivity index (χ1n) is 5.87. The van der Waals surface area contributed by atoms with Crippen LogP contribution in [0, 0.1) is 5.92 Å². The summed E-state index contributed by atoms with van der Waals surface area (Å²) in [6, 6.07) is 0. The lowest BCUT2D eigenvalue weighted by Gasteiger charge is -2.34. The van der Waals surface area contributed by atoms with Gasteiger partial charge in [0.2, 0.25) is 0 Å². The molecule has 16 heavy (non-hydrogen) atoms. The molecule has 1 N–H and O–H groups in total. The Kier molecular flexibility index (Phi) is 3.43. The maximum absolute atomic E-state index is 12.0. The van der Waals surface area contributed by atoms with Crippen molar-refractivity contribution in [2.24, 2.45) is 10.9 Å². The third-order valence-corrected chi connectivity index (χ3v) is 3.00. The number of nitrogens with one attached hydrogen (secondary N) is 1. The van der Waals surface area contributed by atoms with Crippen LogP contribution in [-0.4, -0.2) is 55.5 Å². The predicted octanol–water partition coefficient (Wildman–Crippen LogP) is -0.128. The minimum Gasteiger partial charge on any atom is -0.374 e. The highest BCUT2D eigenvalue weighted by Gasteiger charge is 2.29.